The van der Waals surface area contributed by atoms with E-state index in [4.69, 9.17) is 5.14 Å². The third kappa shape index (κ3) is 4.12. The molecule has 0 saturated heterocycles. The molecule has 0 fully saturated rings. The van der Waals surface area contributed by atoms with Crippen molar-refractivity contribution in [1.82, 2.24) is 5.32 Å². The first-order chi connectivity index (χ1) is 4.35. The van der Waals surface area contributed by atoms with E-state index in [1.165, 1.54) is 11.9 Å². The molecule has 0 spiro atoms. The topological polar surface area (TPSA) is 38.0 Å². The summed E-state index contributed by atoms with van der Waals surface area (Å²) >= 11 is 1.21. The minimum atomic E-state index is 0.861. The van der Waals surface area contributed by atoms with Gasteiger partial charge in [-0.25, -0.2) is 0 Å². The summed E-state index contributed by atoms with van der Waals surface area (Å²) in [4.78, 5) is 0. The summed E-state index contributed by atoms with van der Waals surface area (Å²) in [5.41, 5.74) is 0. The van der Waals surface area contributed by atoms with Gasteiger partial charge in [-0.2, -0.15) is 0 Å². The highest BCUT2D eigenvalue weighted by Crippen LogP contribution is 2.02. The Labute approximate surface area is 60.3 Å². The predicted octanol–water partition coefficient (Wildman–Crippen LogP) is 1.23. The maximum Gasteiger partial charge on any atom is 0.0792 e. The van der Waals surface area contributed by atoms with Crippen molar-refractivity contribution in [2.45, 2.75) is 6.42 Å². The monoisotopic (exact) mass is 144 g/mol. The first kappa shape index (κ1) is 8.59. The quantitative estimate of drug-likeness (QED) is 0.460. The fraction of sp³-hybridized carbons (Fsp3) is 0.333. The highest BCUT2D eigenvalue weighted by Gasteiger charge is 1.85. The molecule has 0 aliphatic carbocycles. The van der Waals surface area contributed by atoms with Crippen LogP contribution in [0.1, 0.15) is 6.42 Å². The Hall–Kier alpha value is -0.410. The molecule has 0 aromatic carbocycles. The fourth-order valence-corrected chi connectivity index (χ4v) is 0.710. The third-order valence-electron chi connectivity index (χ3n) is 0.843. The number of allylic oxidation sites excluding steroid dienone is 2. The molecule has 0 unspecified atom stereocenters. The van der Waals surface area contributed by atoms with Gasteiger partial charge in [-0.05, 0) is 24.4 Å². The van der Waals surface area contributed by atoms with E-state index in [1.807, 2.05) is 19.2 Å². The number of hydrogen-bond donors (Lipinski definition) is 2. The second kappa shape index (κ2) is 5.72. The molecule has 0 atom stereocenters. The van der Waals surface area contributed by atoms with Gasteiger partial charge < -0.3 is 5.32 Å². The lowest BCUT2D eigenvalue weighted by Crippen LogP contribution is -2.03. The smallest absolute Gasteiger partial charge is 0.0792 e. The van der Waals surface area contributed by atoms with Crippen molar-refractivity contribution in [3.63, 3.8) is 0 Å². The lowest BCUT2D eigenvalue weighted by molar-refractivity contribution is 1.06. The number of rotatable bonds is 4. The predicted molar refractivity (Wildman–Crippen MR) is 43.7 cm³/mol. The average Bonchev–Trinajstić information content (AvgIpc) is 1.91. The van der Waals surface area contributed by atoms with Crippen molar-refractivity contribution in [2.24, 2.45) is 5.14 Å². The molecule has 0 bridgehead atoms. The highest BCUT2D eigenvalue weighted by molar-refractivity contribution is 8.00. The molecule has 0 aliphatic heterocycles. The van der Waals surface area contributed by atoms with Crippen molar-refractivity contribution >= 4 is 11.9 Å². The Morgan fingerprint density at radius 2 is 2.56 bits per heavy atom. The minimum absolute atomic E-state index is 0.861. The zero-order valence-corrected chi connectivity index (χ0v) is 6.37. The summed E-state index contributed by atoms with van der Waals surface area (Å²) in [5, 5.41) is 9.19. The van der Waals surface area contributed by atoms with Gasteiger partial charge in [0.1, 0.15) is 0 Å². The molecule has 0 saturated carbocycles. The Morgan fingerprint density at radius 3 is 2.89 bits per heavy atom. The molecule has 0 aromatic rings. The van der Waals surface area contributed by atoms with Crippen LogP contribution in [-0.4, -0.2) is 7.05 Å². The molecule has 9 heavy (non-hydrogen) atoms. The lowest BCUT2D eigenvalue weighted by atomic mass is 10.4. The molecule has 0 aromatic heterocycles. The van der Waals surface area contributed by atoms with E-state index in [2.05, 4.69) is 11.9 Å². The number of hydrogen-bond acceptors (Lipinski definition) is 3. The highest BCUT2D eigenvalue weighted by atomic mass is 32.2. The van der Waals surface area contributed by atoms with Gasteiger partial charge in [0.2, 0.25) is 0 Å². The number of nitrogens with two attached hydrogens (primary N) is 1. The van der Waals surface area contributed by atoms with Crippen LogP contribution < -0.4 is 10.5 Å². The van der Waals surface area contributed by atoms with E-state index in [0.717, 1.165) is 11.4 Å². The average molecular weight is 144 g/mol. The van der Waals surface area contributed by atoms with Gasteiger partial charge in [0.05, 0.1) is 5.03 Å². The normalized spacial score (nSPS) is 11.1. The molecule has 0 heterocycles. The van der Waals surface area contributed by atoms with Crippen LogP contribution in [0.15, 0.2) is 23.8 Å². The van der Waals surface area contributed by atoms with Gasteiger partial charge in [0, 0.05) is 7.05 Å². The fourth-order valence-electron chi connectivity index (χ4n) is 0.399. The van der Waals surface area contributed by atoms with Crippen LogP contribution in [0, 0.1) is 0 Å². The Balaban J connectivity index is 3.60. The molecule has 3 heteroatoms. The molecule has 0 radical (unpaired) electrons. The zero-order chi connectivity index (χ0) is 7.11. The maximum atomic E-state index is 5.28. The summed E-state index contributed by atoms with van der Waals surface area (Å²) in [6.07, 6.45) is 4.67. The molecule has 0 rings (SSSR count). The largest absolute Gasteiger partial charge is 0.382 e. The van der Waals surface area contributed by atoms with Crippen LogP contribution in [0.5, 0.6) is 0 Å². The van der Waals surface area contributed by atoms with Gasteiger partial charge in [-0.3, -0.25) is 5.14 Å². The molecular weight excluding hydrogens is 132 g/mol. The molecule has 0 amide bonds. The van der Waals surface area contributed by atoms with Crippen molar-refractivity contribution in [1.29, 1.82) is 0 Å². The molecular formula is C6H12N2S. The van der Waals surface area contributed by atoms with Gasteiger partial charge in [0.25, 0.3) is 0 Å². The van der Waals surface area contributed by atoms with Crippen LogP contribution in [0.4, 0.5) is 0 Å². The van der Waals surface area contributed by atoms with Gasteiger partial charge in [-0.1, -0.05) is 6.08 Å². The maximum absolute atomic E-state index is 5.28. The molecule has 52 valence electrons. The Morgan fingerprint density at radius 1 is 1.89 bits per heavy atom. The lowest BCUT2D eigenvalue weighted by Gasteiger charge is -1.98. The van der Waals surface area contributed by atoms with E-state index in [-0.39, 0.29) is 0 Å². The van der Waals surface area contributed by atoms with Crippen molar-refractivity contribution < 1.29 is 0 Å². The second-order valence-corrected chi connectivity index (χ2v) is 2.14. The summed E-state index contributed by atoms with van der Waals surface area (Å²) in [5.74, 6) is 0. The van der Waals surface area contributed by atoms with E-state index in [1.54, 1.807) is 0 Å². The SMILES string of the molecule is C=CC/C=C(/NC)SN. The zero-order valence-electron chi connectivity index (χ0n) is 5.55. The Kier molecular flexibility index (Phi) is 5.46. The summed E-state index contributed by atoms with van der Waals surface area (Å²) in [6, 6.07) is 0. The number of nitrogens with one attached hydrogen (secondary N) is 1. The standard InChI is InChI=1S/C6H12N2S/c1-3-4-5-6(8-2)9-7/h3,5,8H,1,4,7H2,2H3/b6-5-. The van der Waals surface area contributed by atoms with Crippen LogP contribution in [0.25, 0.3) is 0 Å². The van der Waals surface area contributed by atoms with Crippen molar-refractivity contribution in [2.75, 3.05) is 7.05 Å². The first-order valence-corrected chi connectivity index (χ1v) is 3.58. The first-order valence-electron chi connectivity index (χ1n) is 2.70. The van der Waals surface area contributed by atoms with Gasteiger partial charge >= 0.3 is 0 Å². The summed E-state index contributed by atoms with van der Waals surface area (Å²) in [6.45, 7) is 3.58. The van der Waals surface area contributed by atoms with Crippen molar-refractivity contribution in [3.05, 3.63) is 23.8 Å². The third-order valence-corrected chi connectivity index (χ3v) is 1.47. The minimum Gasteiger partial charge on any atom is -0.382 e. The van der Waals surface area contributed by atoms with E-state index in [9.17, 15) is 0 Å². The van der Waals surface area contributed by atoms with Crippen LogP contribution in [-0.2, 0) is 0 Å². The molecule has 0 aliphatic rings. The van der Waals surface area contributed by atoms with E-state index in [0.29, 0.717) is 0 Å². The second-order valence-electron chi connectivity index (χ2n) is 1.46. The van der Waals surface area contributed by atoms with Crippen LogP contribution >= 0.6 is 11.9 Å². The van der Waals surface area contributed by atoms with E-state index >= 15 is 0 Å². The van der Waals surface area contributed by atoms with Crippen LogP contribution in [0.2, 0.25) is 0 Å². The molecule has 2 nitrogen and oxygen atoms in total. The van der Waals surface area contributed by atoms with Crippen molar-refractivity contribution in [3.8, 4) is 0 Å². The van der Waals surface area contributed by atoms with Gasteiger partial charge in [-0.15, -0.1) is 6.58 Å². The molecule has 3 N–H and O–H groups in total. The summed E-state index contributed by atoms with van der Waals surface area (Å²) in [7, 11) is 1.84. The van der Waals surface area contributed by atoms with Gasteiger partial charge in [0.15, 0.2) is 0 Å². The Bertz CT molecular complexity index is 104. The van der Waals surface area contributed by atoms with Crippen LogP contribution in [0.3, 0.4) is 0 Å². The summed E-state index contributed by atoms with van der Waals surface area (Å²) < 4.78 is 0. The van der Waals surface area contributed by atoms with E-state index < -0.39 is 0 Å².